The molecule has 1 aliphatic rings. The largest absolute Gasteiger partial charge is 0.420 e. The van der Waals surface area contributed by atoms with Crippen LogP contribution in [0, 0.1) is 24.1 Å². The van der Waals surface area contributed by atoms with E-state index in [9.17, 15) is 9.65 Å². The van der Waals surface area contributed by atoms with Crippen molar-refractivity contribution in [2.24, 2.45) is 5.73 Å². The predicted octanol–water partition coefficient (Wildman–Crippen LogP) is 2.08. The van der Waals surface area contributed by atoms with Gasteiger partial charge < -0.3 is 15.5 Å². The Morgan fingerprint density at radius 3 is 2.90 bits per heavy atom. The van der Waals surface area contributed by atoms with Gasteiger partial charge in [-0.2, -0.15) is 10.2 Å². The van der Waals surface area contributed by atoms with E-state index in [1.54, 1.807) is 25.1 Å². The lowest BCUT2D eigenvalue weighted by atomic mass is 9.87. The van der Waals surface area contributed by atoms with Crippen LogP contribution in [0.2, 0.25) is 0 Å². The number of nitrogens with zero attached hydrogens (tertiary/aromatic N) is 2. The molecule has 2 aromatic rings. The van der Waals surface area contributed by atoms with E-state index in [0.29, 0.717) is 17.1 Å². The maximum Gasteiger partial charge on any atom is 0.243 e. The summed E-state index contributed by atoms with van der Waals surface area (Å²) >= 11 is 0. The lowest BCUT2D eigenvalue weighted by molar-refractivity contribution is 0.378. The lowest BCUT2D eigenvalue weighted by Gasteiger charge is -2.22. The normalized spacial score (nSPS) is 17.4. The number of allylic oxidation sites excluding steroid dienone is 1. The van der Waals surface area contributed by atoms with Gasteiger partial charge in [0.25, 0.3) is 0 Å². The minimum atomic E-state index is -0.633. The molecule has 0 radical (unpaired) electrons. The van der Waals surface area contributed by atoms with E-state index in [0.717, 1.165) is 0 Å². The quantitative estimate of drug-likeness (QED) is 0.830. The van der Waals surface area contributed by atoms with Gasteiger partial charge in [0.2, 0.25) is 11.8 Å². The second kappa shape index (κ2) is 4.38. The number of H-pyrrole nitrogens is 1. The van der Waals surface area contributed by atoms with Gasteiger partial charge in [-0.15, -0.1) is 0 Å². The first kappa shape index (κ1) is 12.2. The van der Waals surface area contributed by atoms with E-state index >= 15 is 0 Å². The number of aryl methyl sites for hydroxylation is 1. The van der Waals surface area contributed by atoms with Crippen molar-refractivity contribution in [2.75, 3.05) is 0 Å². The number of fused-ring (bicyclic) bond motifs is 1. The highest BCUT2D eigenvalue weighted by Crippen LogP contribution is 2.41. The minimum Gasteiger partial charge on any atom is -0.420 e. The smallest absolute Gasteiger partial charge is 0.243 e. The summed E-state index contributed by atoms with van der Waals surface area (Å²) in [4.78, 5) is 7.17. The van der Waals surface area contributed by atoms with Crippen LogP contribution in [0.1, 0.15) is 23.0 Å². The number of benzene rings is 1. The van der Waals surface area contributed by atoms with Crippen LogP contribution in [0.3, 0.4) is 0 Å². The second-order valence-corrected chi connectivity index (χ2v) is 4.49. The zero-order valence-corrected chi connectivity index (χ0v) is 10.6. The molecule has 0 spiro atoms. The van der Waals surface area contributed by atoms with E-state index in [2.05, 4.69) is 9.97 Å². The molecule has 6 heteroatoms. The van der Waals surface area contributed by atoms with Crippen LogP contribution in [0.25, 0.3) is 0 Å². The highest BCUT2D eigenvalue weighted by atomic mass is 19.1. The summed E-state index contributed by atoms with van der Waals surface area (Å²) < 4.78 is 19.4. The zero-order chi connectivity index (χ0) is 14.3. The van der Waals surface area contributed by atoms with Crippen molar-refractivity contribution in [3.8, 4) is 11.9 Å². The predicted molar refractivity (Wildman–Crippen MR) is 69.0 cm³/mol. The number of nitrogens with two attached hydrogens (primary N) is 1. The monoisotopic (exact) mass is 270 g/mol. The average Bonchev–Trinajstić information content (AvgIpc) is 2.78. The van der Waals surface area contributed by atoms with Crippen molar-refractivity contribution < 1.29 is 9.13 Å². The maximum absolute atomic E-state index is 14.1. The molecule has 3 N–H and O–H groups in total. The van der Waals surface area contributed by atoms with Gasteiger partial charge in [-0.1, -0.05) is 18.2 Å². The molecule has 1 aliphatic heterocycles. The number of imidazole rings is 1. The fourth-order valence-electron chi connectivity index (χ4n) is 2.35. The third kappa shape index (κ3) is 1.72. The van der Waals surface area contributed by atoms with Crippen molar-refractivity contribution in [3.05, 3.63) is 58.6 Å². The summed E-state index contributed by atoms with van der Waals surface area (Å²) in [5.41, 5.74) is 6.82. The van der Waals surface area contributed by atoms with Gasteiger partial charge in [-0.05, 0) is 13.0 Å². The molecular weight excluding hydrogens is 259 g/mol. The van der Waals surface area contributed by atoms with Crippen LogP contribution in [-0.2, 0) is 0 Å². The fraction of sp³-hybridized carbons (Fsp3) is 0.143. The highest BCUT2D eigenvalue weighted by Gasteiger charge is 2.34. The molecule has 3 rings (SSSR count). The number of nitrogens with one attached hydrogen (secondary N) is 1. The SMILES string of the molecule is Cc1nc2c([nH]1)[C@@H](c1ccccc1F)C(C#N)=C(N)O2. The summed E-state index contributed by atoms with van der Waals surface area (Å²) in [6, 6.07) is 8.27. The molecule has 1 aromatic heterocycles. The number of nitriles is 1. The van der Waals surface area contributed by atoms with Gasteiger partial charge in [-0.25, -0.2) is 4.39 Å². The molecule has 1 atom stereocenters. The molecule has 2 heterocycles. The topological polar surface area (TPSA) is 87.7 Å². The minimum absolute atomic E-state index is 0.0419. The molecule has 20 heavy (non-hydrogen) atoms. The first-order valence-electron chi connectivity index (χ1n) is 6.00. The third-order valence-corrected chi connectivity index (χ3v) is 3.20. The van der Waals surface area contributed by atoms with E-state index in [1.807, 2.05) is 6.07 Å². The first-order chi connectivity index (χ1) is 9.61. The second-order valence-electron chi connectivity index (χ2n) is 4.49. The molecule has 0 bridgehead atoms. The third-order valence-electron chi connectivity index (χ3n) is 3.20. The summed E-state index contributed by atoms with van der Waals surface area (Å²) in [5, 5.41) is 9.29. The van der Waals surface area contributed by atoms with E-state index in [-0.39, 0.29) is 17.3 Å². The number of halogens is 1. The molecule has 0 saturated heterocycles. The van der Waals surface area contributed by atoms with E-state index < -0.39 is 11.7 Å². The van der Waals surface area contributed by atoms with Crippen LogP contribution >= 0.6 is 0 Å². The Morgan fingerprint density at radius 2 is 2.20 bits per heavy atom. The number of hydrogen-bond acceptors (Lipinski definition) is 4. The van der Waals surface area contributed by atoms with Crippen molar-refractivity contribution >= 4 is 0 Å². The molecule has 0 saturated carbocycles. The summed E-state index contributed by atoms with van der Waals surface area (Å²) in [5.74, 6) is -0.181. The number of aromatic amines is 1. The molecule has 1 aromatic carbocycles. The molecule has 0 aliphatic carbocycles. The van der Waals surface area contributed by atoms with E-state index in [4.69, 9.17) is 10.5 Å². The summed E-state index contributed by atoms with van der Waals surface area (Å²) in [7, 11) is 0. The van der Waals surface area contributed by atoms with Crippen molar-refractivity contribution in [1.82, 2.24) is 9.97 Å². The van der Waals surface area contributed by atoms with Gasteiger partial charge in [0.05, 0.1) is 11.6 Å². The summed E-state index contributed by atoms with van der Waals surface area (Å²) in [6.07, 6.45) is 0. The van der Waals surface area contributed by atoms with Crippen molar-refractivity contribution in [3.63, 3.8) is 0 Å². The van der Waals surface area contributed by atoms with Crippen LogP contribution in [0.15, 0.2) is 35.7 Å². The number of ether oxygens (including phenoxy) is 1. The first-order valence-corrected chi connectivity index (χ1v) is 6.00. The standard InChI is InChI=1S/C14H11FN4O/c1-7-18-12-11(8-4-2-3-5-10(8)15)9(6-16)13(17)20-14(12)19-7/h2-5,11H,17H2,1H3,(H,18,19)/t11-/m0/s1. The number of rotatable bonds is 1. The lowest BCUT2D eigenvalue weighted by Crippen LogP contribution is -2.21. The van der Waals surface area contributed by atoms with Crippen LogP contribution in [-0.4, -0.2) is 9.97 Å². The average molecular weight is 270 g/mol. The zero-order valence-electron chi connectivity index (χ0n) is 10.6. The van der Waals surface area contributed by atoms with Crippen LogP contribution in [0.5, 0.6) is 5.88 Å². The number of hydrogen-bond donors (Lipinski definition) is 2. The van der Waals surface area contributed by atoms with Crippen molar-refractivity contribution in [1.29, 1.82) is 5.26 Å². The van der Waals surface area contributed by atoms with Crippen LogP contribution < -0.4 is 10.5 Å². The molecule has 0 amide bonds. The van der Waals surface area contributed by atoms with Crippen LogP contribution in [0.4, 0.5) is 4.39 Å². The number of aromatic nitrogens is 2. The van der Waals surface area contributed by atoms with E-state index in [1.165, 1.54) is 6.07 Å². The fourth-order valence-corrected chi connectivity index (χ4v) is 2.35. The molecular formula is C14H11FN4O. The summed E-state index contributed by atoms with van der Waals surface area (Å²) in [6.45, 7) is 1.75. The highest BCUT2D eigenvalue weighted by molar-refractivity contribution is 5.51. The molecule has 0 fully saturated rings. The Bertz CT molecular complexity index is 757. The van der Waals surface area contributed by atoms with Gasteiger partial charge in [0.15, 0.2) is 0 Å². The Morgan fingerprint density at radius 1 is 1.45 bits per heavy atom. The Kier molecular flexibility index (Phi) is 2.68. The van der Waals surface area contributed by atoms with Gasteiger partial charge >= 0.3 is 0 Å². The Labute approximate surface area is 114 Å². The molecule has 0 unspecified atom stereocenters. The Balaban J connectivity index is 2.26. The maximum atomic E-state index is 14.1. The Hall–Kier alpha value is -2.81. The van der Waals surface area contributed by atoms with Gasteiger partial charge in [0, 0.05) is 5.56 Å². The van der Waals surface area contributed by atoms with Crippen molar-refractivity contribution in [2.45, 2.75) is 12.8 Å². The van der Waals surface area contributed by atoms with Gasteiger partial charge in [0.1, 0.15) is 23.3 Å². The molecule has 5 nitrogen and oxygen atoms in total. The van der Waals surface area contributed by atoms with Gasteiger partial charge in [-0.3, -0.25) is 0 Å². The molecule has 100 valence electrons.